The monoisotopic (exact) mass is 276 g/mol. The van der Waals surface area contributed by atoms with E-state index < -0.39 is 0 Å². The molecule has 0 saturated carbocycles. The van der Waals surface area contributed by atoms with Gasteiger partial charge in [-0.3, -0.25) is 4.98 Å². The number of nitrogens with one attached hydrogen (secondary N) is 1. The van der Waals surface area contributed by atoms with E-state index >= 15 is 0 Å². The van der Waals surface area contributed by atoms with Crippen molar-refractivity contribution in [1.29, 1.82) is 0 Å². The molecule has 0 bridgehead atoms. The van der Waals surface area contributed by atoms with E-state index in [1.165, 1.54) is 17.0 Å². The maximum Gasteiger partial charge on any atom is 0.187 e. The molecule has 1 aliphatic rings. The van der Waals surface area contributed by atoms with Crippen molar-refractivity contribution in [2.45, 2.75) is 19.3 Å². The Balaban J connectivity index is 1.83. The summed E-state index contributed by atoms with van der Waals surface area (Å²) in [7, 11) is 0. The molecule has 0 spiro atoms. The zero-order chi connectivity index (χ0) is 12.5. The Morgan fingerprint density at radius 1 is 1.44 bits per heavy atom. The average Bonchev–Trinajstić information content (AvgIpc) is 2.90. The van der Waals surface area contributed by atoms with E-state index in [0.717, 1.165) is 23.7 Å². The number of rotatable bonds is 3. The van der Waals surface area contributed by atoms with Crippen molar-refractivity contribution in [3.05, 3.63) is 34.6 Å². The van der Waals surface area contributed by atoms with E-state index in [2.05, 4.69) is 15.3 Å². The maximum atomic E-state index is 5.56. The molecule has 0 fully saturated rings. The molecule has 0 aromatic carbocycles. The number of thiocarbonyl (C=S) groups is 1. The molecule has 3 N–H and O–H groups in total. The molecule has 92 valence electrons. The molecule has 2 aromatic heterocycles. The first-order chi connectivity index (χ1) is 8.72. The van der Waals surface area contributed by atoms with Gasteiger partial charge in [0.1, 0.15) is 4.99 Å². The van der Waals surface area contributed by atoms with Crippen LogP contribution in [0.15, 0.2) is 18.3 Å². The highest BCUT2D eigenvalue weighted by Crippen LogP contribution is 2.31. The molecule has 0 saturated heterocycles. The van der Waals surface area contributed by atoms with Crippen molar-refractivity contribution in [2.75, 3.05) is 5.32 Å². The number of fused-ring (bicyclic) bond motifs is 1. The zero-order valence-electron chi connectivity index (χ0n) is 9.64. The number of hydrogen-bond donors (Lipinski definition) is 2. The number of hydrogen-bond acceptors (Lipinski definition) is 5. The van der Waals surface area contributed by atoms with Crippen molar-refractivity contribution in [3.8, 4) is 0 Å². The van der Waals surface area contributed by atoms with E-state index in [0.29, 0.717) is 10.7 Å². The van der Waals surface area contributed by atoms with Gasteiger partial charge in [-0.05, 0) is 31.4 Å². The van der Waals surface area contributed by atoms with Crippen molar-refractivity contribution < 1.29 is 0 Å². The van der Waals surface area contributed by atoms with E-state index in [4.69, 9.17) is 18.0 Å². The van der Waals surface area contributed by atoms with Gasteiger partial charge in [0.25, 0.3) is 0 Å². The Bertz CT molecular complexity index is 584. The highest BCUT2D eigenvalue weighted by Gasteiger charge is 2.16. The van der Waals surface area contributed by atoms with Crippen LogP contribution in [-0.4, -0.2) is 15.0 Å². The predicted octanol–water partition coefficient (Wildman–Crippen LogP) is 2.40. The number of nitrogens with zero attached hydrogens (tertiary/aromatic N) is 2. The quantitative estimate of drug-likeness (QED) is 0.843. The zero-order valence-corrected chi connectivity index (χ0v) is 11.3. The summed E-state index contributed by atoms with van der Waals surface area (Å²) in [5.74, 6) is 0. The van der Waals surface area contributed by atoms with Crippen molar-refractivity contribution in [2.24, 2.45) is 5.73 Å². The van der Waals surface area contributed by atoms with Crippen LogP contribution < -0.4 is 11.1 Å². The number of nitrogens with two attached hydrogens (primary N) is 1. The highest BCUT2D eigenvalue weighted by atomic mass is 32.1. The summed E-state index contributed by atoms with van der Waals surface area (Å²) >= 11 is 6.64. The van der Waals surface area contributed by atoms with E-state index in [-0.39, 0.29) is 0 Å². The lowest BCUT2D eigenvalue weighted by atomic mass is 10.3. The molecule has 0 aliphatic heterocycles. The van der Waals surface area contributed by atoms with Crippen LogP contribution in [0.1, 0.15) is 22.7 Å². The summed E-state index contributed by atoms with van der Waals surface area (Å²) in [5.41, 5.74) is 8.35. The summed E-state index contributed by atoms with van der Waals surface area (Å²) in [5, 5.41) is 4.21. The first-order valence-corrected chi connectivity index (χ1v) is 6.96. The molecule has 1 aliphatic carbocycles. The lowest BCUT2D eigenvalue weighted by molar-refractivity contribution is 0.900. The van der Waals surface area contributed by atoms with Gasteiger partial charge < -0.3 is 11.1 Å². The largest absolute Gasteiger partial charge is 0.388 e. The first kappa shape index (κ1) is 11.6. The lowest BCUT2D eigenvalue weighted by Gasteiger charge is -2.04. The fourth-order valence-corrected chi connectivity index (χ4v) is 3.19. The van der Waals surface area contributed by atoms with Gasteiger partial charge in [0.2, 0.25) is 0 Å². The second kappa shape index (κ2) is 4.62. The minimum atomic E-state index is 0.306. The van der Waals surface area contributed by atoms with Gasteiger partial charge in [-0.15, -0.1) is 11.3 Å². The Labute approximate surface area is 114 Å². The molecule has 0 radical (unpaired) electrons. The van der Waals surface area contributed by atoms with Crippen LogP contribution in [0.3, 0.4) is 0 Å². The average molecular weight is 276 g/mol. The number of pyridine rings is 1. The summed E-state index contributed by atoms with van der Waals surface area (Å²) in [4.78, 5) is 10.4. The predicted molar refractivity (Wildman–Crippen MR) is 77.5 cm³/mol. The van der Waals surface area contributed by atoms with E-state index in [1.807, 2.05) is 12.1 Å². The second-order valence-electron chi connectivity index (χ2n) is 4.16. The molecular formula is C12H12N4S2. The molecular weight excluding hydrogens is 264 g/mol. The third-order valence-electron chi connectivity index (χ3n) is 2.86. The minimum absolute atomic E-state index is 0.306. The SMILES string of the molecule is NC(=S)c1cc(Nc2nc3c(s2)CCC3)ccn1. The van der Waals surface area contributed by atoms with Crippen LogP contribution in [0.5, 0.6) is 0 Å². The van der Waals surface area contributed by atoms with Crippen LogP contribution >= 0.6 is 23.6 Å². The molecule has 6 heteroatoms. The summed E-state index contributed by atoms with van der Waals surface area (Å²) in [6.45, 7) is 0. The van der Waals surface area contributed by atoms with Crippen LogP contribution in [0.2, 0.25) is 0 Å². The molecule has 18 heavy (non-hydrogen) atoms. The smallest absolute Gasteiger partial charge is 0.187 e. The van der Waals surface area contributed by atoms with Gasteiger partial charge >= 0.3 is 0 Å². The Morgan fingerprint density at radius 2 is 2.33 bits per heavy atom. The molecule has 2 aromatic rings. The first-order valence-electron chi connectivity index (χ1n) is 5.74. The van der Waals surface area contributed by atoms with Crippen molar-refractivity contribution >= 4 is 39.4 Å². The number of aryl methyl sites for hydroxylation is 2. The fourth-order valence-electron chi connectivity index (χ4n) is 2.01. The molecule has 3 rings (SSSR count). The van der Waals surface area contributed by atoms with E-state index in [1.54, 1.807) is 17.5 Å². The maximum absolute atomic E-state index is 5.56. The molecule has 2 heterocycles. The summed E-state index contributed by atoms with van der Waals surface area (Å²) < 4.78 is 0. The van der Waals surface area contributed by atoms with Crippen molar-refractivity contribution in [3.63, 3.8) is 0 Å². The van der Waals surface area contributed by atoms with Gasteiger partial charge in [-0.2, -0.15) is 0 Å². The molecule has 0 amide bonds. The van der Waals surface area contributed by atoms with Gasteiger partial charge in [0.05, 0.1) is 11.4 Å². The number of anilines is 2. The Kier molecular flexibility index (Phi) is 2.97. The molecule has 4 nitrogen and oxygen atoms in total. The lowest BCUT2D eigenvalue weighted by Crippen LogP contribution is -2.11. The van der Waals surface area contributed by atoms with Gasteiger partial charge in [-0.1, -0.05) is 12.2 Å². The standard InChI is InChI=1S/C12H12N4S2/c13-11(17)9-6-7(4-5-14-9)15-12-16-8-2-1-3-10(8)18-12/h4-6H,1-3H2,(H2,13,17)(H,14,15,16). The van der Waals surface area contributed by atoms with Crippen LogP contribution in [-0.2, 0) is 12.8 Å². The van der Waals surface area contributed by atoms with Gasteiger partial charge in [0, 0.05) is 16.8 Å². The fraction of sp³-hybridized carbons (Fsp3) is 0.250. The number of thiazole rings is 1. The van der Waals surface area contributed by atoms with Gasteiger partial charge in [-0.25, -0.2) is 4.98 Å². The Morgan fingerprint density at radius 3 is 3.11 bits per heavy atom. The van der Waals surface area contributed by atoms with Crippen LogP contribution in [0.4, 0.5) is 10.8 Å². The Hall–Kier alpha value is -1.53. The topological polar surface area (TPSA) is 63.8 Å². The minimum Gasteiger partial charge on any atom is -0.388 e. The molecule has 0 unspecified atom stereocenters. The highest BCUT2D eigenvalue weighted by molar-refractivity contribution is 7.80. The van der Waals surface area contributed by atoms with Crippen molar-refractivity contribution in [1.82, 2.24) is 9.97 Å². The summed E-state index contributed by atoms with van der Waals surface area (Å²) in [6.07, 6.45) is 5.18. The number of aromatic nitrogens is 2. The second-order valence-corrected chi connectivity index (χ2v) is 5.68. The summed E-state index contributed by atoms with van der Waals surface area (Å²) in [6, 6.07) is 3.73. The van der Waals surface area contributed by atoms with E-state index in [9.17, 15) is 0 Å². The molecule has 0 atom stereocenters. The third-order valence-corrected chi connectivity index (χ3v) is 4.14. The third kappa shape index (κ3) is 2.21. The van der Waals surface area contributed by atoms with Crippen LogP contribution in [0.25, 0.3) is 0 Å². The van der Waals surface area contributed by atoms with Gasteiger partial charge in [0.15, 0.2) is 5.13 Å². The normalized spacial score (nSPS) is 13.3. The van der Waals surface area contributed by atoms with Crippen LogP contribution in [0, 0.1) is 0 Å².